The molecule has 6 aromatic rings. The lowest BCUT2D eigenvalue weighted by Crippen LogP contribution is -1.98. The van der Waals surface area contributed by atoms with Crippen molar-refractivity contribution in [3.63, 3.8) is 0 Å². The van der Waals surface area contributed by atoms with Crippen LogP contribution in [0.5, 0.6) is 0 Å². The van der Waals surface area contributed by atoms with Gasteiger partial charge < -0.3 is 4.57 Å². The van der Waals surface area contributed by atoms with Gasteiger partial charge in [-0.2, -0.15) is 0 Å². The fraction of sp³-hybridized carbons (Fsp3) is 0.0345. The number of nitrogens with zero attached hydrogens (tertiary/aromatic N) is 1. The number of fused-ring (bicyclic) bond motifs is 8. The Labute approximate surface area is 173 Å². The summed E-state index contributed by atoms with van der Waals surface area (Å²) in [6.45, 7) is 0. The normalized spacial score (nSPS) is 13.2. The van der Waals surface area contributed by atoms with E-state index in [1.807, 2.05) is 0 Å². The van der Waals surface area contributed by atoms with Crippen LogP contribution in [0.2, 0.25) is 0 Å². The van der Waals surface area contributed by atoms with Crippen LogP contribution in [0, 0.1) is 0 Å². The molecule has 0 saturated heterocycles. The first-order chi connectivity index (χ1) is 14.9. The number of hydrogen-bond donors (Lipinski definition) is 0. The molecule has 0 amide bonds. The predicted octanol–water partition coefficient (Wildman–Crippen LogP) is 7.49. The largest absolute Gasteiger partial charge is 0.307 e. The molecule has 0 fully saturated rings. The van der Waals surface area contributed by atoms with E-state index in [0.29, 0.717) is 0 Å². The van der Waals surface area contributed by atoms with E-state index >= 15 is 0 Å². The molecule has 0 spiro atoms. The Morgan fingerprint density at radius 1 is 0.533 bits per heavy atom. The van der Waals surface area contributed by atoms with Gasteiger partial charge in [-0.25, -0.2) is 0 Å². The Kier molecular flexibility index (Phi) is 2.51. The summed E-state index contributed by atoms with van der Waals surface area (Å²) in [5.74, 6) is 0. The SMILES string of the molecule is c1cc2c3c(c1)-c1ccc4ccccc4c1-n1c4ccccc4c4ccc(c-3c41)C2. The summed E-state index contributed by atoms with van der Waals surface area (Å²) in [5, 5.41) is 5.29. The topological polar surface area (TPSA) is 4.93 Å². The van der Waals surface area contributed by atoms with E-state index in [4.69, 9.17) is 0 Å². The second kappa shape index (κ2) is 5.01. The summed E-state index contributed by atoms with van der Waals surface area (Å²) in [6.07, 6.45) is 1.03. The first kappa shape index (κ1) is 15.1. The average Bonchev–Trinajstić information content (AvgIpc) is 3.29. The molecular formula is C29H17N. The Morgan fingerprint density at radius 3 is 2.33 bits per heavy atom. The highest BCUT2D eigenvalue weighted by atomic mass is 15.0. The van der Waals surface area contributed by atoms with E-state index in [1.165, 1.54) is 71.6 Å². The van der Waals surface area contributed by atoms with Crippen LogP contribution in [0.25, 0.3) is 60.5 Å². The van der Waals surface area contributed by atoms with E-state index in [0.717, 1.165) is 6.42 Å². The summed E-state index contributed by atoms with van der Waals surface area (Å²) >= 11 is 0. The van der Waals surface area contributed by atoms with Gasteiger partial charge in [0.15, 0.2) is 0 Å². The molecule has 0 N–H and O–H groups in total. The molecule has 5 aromatic carbocycles. The van der Waals surface area contributed by atoms with Crippen LogP contribution in [0.3, 0.4) is 0 Å². The lowest BCUT2D eigenvalue weighted by molar-refractivity contribution is 1.20. The molecule has 1 nitrogen and oxygen atoms in total. The Bertz CT molecular complexity index is 1710. The fourth-order valence-electron chi connectivity index (χ4n) is 5.94. The third-order valence-corrected chi connectivity index (χ3v) is 7.12. The van der Waals surface area contributed by atoms with E-state index in [-0.39, 0.29) is 0 Å². The zero-order valence-electron chi connectivity index (χ0n) is 16.3. The smallest absolute Gasteiger partial charge is 0.0623 e. The molecule has 1 aliphatic carbocycles. The molecule has 8 rings (SSSR count). The summed E-state index contributed by atoms with van der Waals surface area (Å²) in [6, 6.07) is 33.8. The number of rotatable bonds is 0. The van der Waals surface area contributed by atoms with Crippen molar-refractivity contribution < 1.29 is 0 Å². The third kappa shape index (κ3) is 1.59. The Morgan fingerprint density at radius 2 is 1.37 bits per heavy atom. The minimum atomic E-state index is 1.03. The molecule has 30 heavy (non-hydrogen) atoms. The fourth-order valence-corrected chi connectivity index (χ4v) is 5.94. The van der Waals surface area contributed by atoms with Gasteiger partial charge in [0.05, 0.1) is 16.7 Å². The lowest BCUT2D eigenvalue weighted by atomic mass is 9.92. The second-order valence-electron chi connectivity index (χ2n) is 8.55. The summed E-state index contributed by atoms with van der Waals surface area (Å²) in [4.78, 5) is 0. The standard InChI is InChI=1S/C29H17N/c1-2-8-20-17(6-1)12-14-24-22-10-5-7-18-16-19-13-15-23-21-9-3-4-11-25(21)30(28(20)24)29(23)27(19)26(18)22/h1-15H,16H2. The summed E-state index contributed by atoms with van der Waals surface area (Å²) < 4.78 is 2.55. The average molecular weight is 379 g/mol. The monoisotopic (exact) mass is 379 g/mol. The highest BCUT2D eigenvalue weighted by Crippen LogP contribution is 2.53. The van der Waals surface area contributed by atoms with Crippen molar-refractivity contribution in [3.8, 4) is 27.9 Å². The van der Waals surface area contributed by atoms with Crippen molar-refractivity contribution in [1.82, 2.24) is 4.57 Å². The predicted molar refractivity (Wildman–Crippen MR) is 126 cm³/mol. The maximum atomic E-state index is 2.55. The van der Waals surface area contributed by atoms with Crippen LogP contribution in [0.1, 0.15) is 11.1 Å². The molecular weight excluding hydrogens is 362 g/mol. The molecule has 1 aliphatic heterocycles. The van der Waals surface area contributed by atoms with Gasteiger partial charge in [-0.15, -0.1) is 0 Å². The minimum Gasteiger partial charge on any atom is -0.307 e. The van der Waals surface area contributed by atoms with E-state index < -0.39 is 0 Å². The van der Waals surface area contributed by atoms with Crippen molar-refractivity contribution in [2.45, 2.75) is 6.42 Å². The maximum absolute atomic E-state index is 2.55. The van der Waals surface area contributed by atoms with Crippen LogP contribution in [0.4, 0.5) is 0 Å². The molecule has 2 aliphatic rings. The minimum absolute atomic E-state index is 1.03. The van der Waals surface area contributed by atoms with Crippen molar-refractivity contribution in [2.75, 3.05) is 0 Å². The molecule has 0 saturated carbocycles. The highest BCUT2D eigenvalue weighted by Gasteiger charge is 2.31. The molecule has 1 heteroatoms. The molecule has 0 bridgehead atoms. The summed E-state index contributed by atoms with van der Waals surface area (Å²) in [7, 11) is 0. The van der Waals surface area contributed by atoms with Crippen LogP contribution in [-0.4, -0.2) is 4.57 Å². The quantitative estimate of drug-likeness (QED) is 0.257. The van der Waals surface area contributed by atoms with Gasteiger partial charge in [-0.1, -0.05) is 84.9 Å². The van der Waals surface area contributed by atoms with Crippen LogP contribution < -0.4 is 0 Å². The van der Waals surface area contributed by atoms with E-state index in [9.17, 15) is 0 Å². The van der Waals surface area contributed by atoms with E-state index in [2.05, 4.69) is 95.6 Å². The Balaban J connectivity index is 1.77. The first-order valence-corrected chi connectivity index (χ1v) is 10.6. The third-order valence-electron chi connectivity index (χ3n) is 7.12. The van der Waals surface area contributed by atoms with Crippen molar-refractivity contribution >= 4 is 32.6 Å². The van der Waals surface area contributed by atoms with Gasteiger partial charge in [-0.05, 0) is 40.1 Å². The van der Waals surface area contributed by atoms with E-state index in [1.54, 1.807) is 0 Å². The van der Waals surface area contributed by atoms with Crippen molar-refractivity contribution in [1.29, 1.82) is 0 Å². The maximum Gasteiger partial charge on any atom is 0.0623 e. The highest BCUT2D eigenvalue weighted by molar-refractivity contribution is 6.19. The number of hydrogen-bond acceptors (Lipinski definition) is 0. The van der Waals surface area contributed by atoms with Crippen molar-refractivity contribution in [3.05, 3.63) is 102 Å². The molecule has 0 atom stereocenters. The zero-order valence-corrected chi connectivity index (χ0v) is 16.3. The van der Waals surface area contributed by atoms with Crippen LogP contribution >= 0.6 is 0 Å². The summed E-state index contributed by atoms with van der Waals surface area (Å²) in [5.41, 5.74) is 12.5. The van der Waals surface area contributed by atoms with Crippen LogP contribution in [0.15, 0.2) is 91.0 Å². The van der Waals surface area contributed by atoms with Gasteiger partial charge in [0, 0.05) is 27.3 Å². The molecule has 0 radical (unpaired) electrons. The van der Waals surface area contributed by atoms with Crippen molar-refractivity contribution in [2.24, 2.45) is 0 Å². The van der Waals surface area contributed by atoms with Gasteiger partial charge in [-0.3, -0.25) is 0 Å². The second-order valence-corrected chi connectivity index (χ2v) is 8.55. The Hall–Kier alpha value is -3.84. The molecule has 138 valence electrons. The van der Waals surface area contributed by atoms with Gasteiger partial charge in [0.25, 0.3) is 0 Å². The number of aromatic nitrogens is 1. The first-order valence-electron chi connectivity index (χ1n) is 10.6. The number of benzene rings is 5. The molecule has 2 heterocycles. The molecule has 0 unspecified atom stereocenters. The van der Waals surface area contributed by atoms with Gasteiger partial charge >= 0.3 is 0 Å². The number of para-hydroxylation sites is 1. The molecule has 1 aromatic heterocycles. The van der Waals surface area contributed by atoms with Gasteiger partial charge in [0.1, 0.15) is 0 Å². The zero-order chi connectivity index (χ0) is 19.4. The van der Waals surface area contributed by atoms with Crippen LogP contribution in [-0.2, 0) is 6.42 Å². The van der Waals surface area contributed by atoms with Gasteiger partial charge in [0.2, 0.25) is 0 Å². The lowest BCUT2D eigenvalue weighted by Gasteiger charge is -2.16.